The first-order valence-corrected chi connectivity index (χ1v) is 9.35. The van der Waals surface area contributed by atoms with E-state index in [0.717, 1.165) is 12.0 Å². The lowest BCUT2D eigenvalue weighted by atomic mass is 9.98. The van der Waals surface area contributed by atoms with Crippen molar-refractivity contribution in [1.29, 1.82) is 0 Å². The van der Waals surface area contributed by atoms with E-state index < -0.39 is 10.1 Å². The zero-order chi connectivity index (χ0) is 17.3. The largest absolute Gasteiger partial charge is 0.328 e. The Morgan fingerprint density at radius 2 is 1.79 bits per heavy atom. The number of benzene rings is 2. The highest BCUT2D eigenvalue weighted by atomic mass is 32.2. The fourth-order valence-electron chi connectivity index (χ4n) is 2.77. The van der Waals surface area contributed by atoms with Crippen LogP contribution in [0.4, 0.5) is 0 Å². The van der Waals surface area contributed by atoms with Crippen LogP contribution in [0.2, 0.25) is 0 Å². The first kappa shape index (κ1) is 16.7. The summed E-state index contributed by atoms with van der Waals surface area (Å²) in [5.41, 5.74) is 3.43. The summed E-state index contributed by atoms with van der Waals surface area (Å²) in [7, 11) is -4.39. The minimum Gasteiger partial charge on any atom is -0.308 e. The van der Waals surface area contributed by atoms with E-state index in [-0.39, 0.29) is 5.16 Å². The molecule has 1 N–H and O–H groups in total. The average molecular weight is 344 g/mol. The Labute approximate surface area is 141 Å². The van der Waals surface area contributed by atoms with E-state index in [1.807, 2.05) is 18.2 Å². The van der Waals surface area contributed by atoms with Crippen LogP contribution in [-0.4, -0.2) is 22.5 Å². The molecule has 5 nitrogen and oxygen atoms in total. The number of hydrogen-bond acceptors (Lipinski definition) is 3. The second-order valence-corrected chi connectivity index (χ2v) is 7.31. The van der Waals surface area contributed by atoms with Crippen molar-refractivity contribution in [3.63, 3.8) is 0 Å². The van der Waals surface area contributed by atoms with Gasteiger partial charge in [0.15, 0.2) is 0 Å². The van der Waals surface area contributed by atoms with Gasteiger partial charge in [0.2, 0.25) is 0 Å². The summed E-state index contributed by atoms with van der Waals surface area (Å²) < 4.78 is 34.4. The van der Waals surface area contributed by atoms with Crippen LogP contribution >= 0.6 is 0 Å². The molecular formula is C18H20N2O3S. The van der Waals surface area contributed by atoms with Crippen LogP contribution in [0.3, 0.4) is 0 Å². The molecule has 0 amide bonds. The Bertz CT molecular complexity index is 960. The van der Waals surface area contributed by atoms with Crippen molar-refractivity contribution in [2.45, 2.75) is 37.9 Å². The maximum atomic E-state index is 11.7. The number of hydrogen-bond donors (Lipinski definition) is 1. The van der Waals surface area contributed by atoms with Crippen LogP contribution in [0.5, 0.6) is 0 Å². The average Bonchev–Trinajstić information content (AvgIpc) is 2.94. The van der Waals surface area contributed by atoms with Gasteiger partial charge in [-0.1, -0.05) is 50.2 Å². The standard InChI is InChI=1S/C18H20N2O3S/c1-3-13(2)15-10-8-14(9-11-15)12-20-17-7-5-4-6-16(17)19-18(20)24(21,22)23/h4-11,13H,3,12H2,1-2H3,(H,21,22,23)/t13-/m1/s1. The van der Waals surface area contributed by atoms with Gasteiger partial charge in [0.25, 0.3) is 5.16 Å². The molecule has 2 aromatic carbocycles. The van der Waals surface area contributed by atoms with Gasteiger partial charge in [-0.3, -0.25) is 4.55 Å². The predicted octanol–water partition coefficient (Wildman–Crippen LogP) is 3.84. The quantitative estimate of drug-likeness (QED) is 0.714. The van der Waals surface area contributed by atoms with Crippen LogP contribution in [0, 0.1) is 0 Å². The highest BCUT2D eigenvalue weighted by Gasteiger charge is 2.21. The predicted molar refractivity (Wildman–Crippen MR) is 93.8 cm³/mol. The Morgan fingerprint density at radius 1 is 1.12 bits per heavy atom. The van der Waals surface area contributed by atoms with Crippen molar-refractivity contribution in [2.24, 2.45) is 0 Å². The number of fused-ring (bicyclic) bond motifs is 1. The molecule has 1 atom stereocenters. The summed E-state index contributed by atoms with van der Waals surface area (Å²) in [6.07, 6.45) is 1.07. The first-order chi connectivity index (χ1) is 11.4. The molecule has 0 aliphatic carbocycles. The van der Waals surface area contributed by atoms with E-state index in [9.17, 15) is 13.0 Å². The molecule has 6 heteroatoms. The second kappa shape index (κ2) is 6.37. The molecule has 0 bridgehead atoms. The van der Waals surface area contributed by atoms with Gasteiger partial charge < -0.3 is 4.57 Å². The summed E-state index contributed by atoms with van der Waals surface area (Å²) in [4.78, 5) is 4.06. The third-order valence-corrected chi connectivity index (χ3v) is 5.13. The second-order valence-electron chi connectivity index (χ2n) is 6.00. The van der Waals surface area contributed by atoms with Crippen molar-refractivity contribution >= 4 is 21.2 Å². The number of nitrogens with zero attached hydrogens (tertiary/aromatic N) is 2. The van der Waals surface area contributed by atoms with E-state index in [2.05, 4.69) is 31.0 Å². The van der Waals surface area contributed by atoms with Crippen LogP contribution in [0.25, 0.3) is 11.0 Å². The summed E-state index contributed by atoms with van der Waals surface area (Å²) >= 11 is 0. The van der Waals surface area contributed by atoms with Gasteiger partial charge in [0.1, 0.15) is 0 Å². The van der Waals surface area contributed by atoms with Gasteiger partial charge in [0.05, 0.1) is 17.6 Å². The third-order valence-electron chi connectivity index (χ3n) is 4.35. The molecule has 3 aromatic rings. The Morgan fingerprint density at radius 3 is 2.42 bits per heavy atom. The maximum absolute atomic E-state index is 11.7. The lowest BCUT2D eigenvalue weighted by Crippen LogP contribution is -2.10. The molecule has 0 radical (unpaired) electrons. The summed E-state index contributed by atoms with van der Waals surface area (Å²) in [5.74, 6) is 0.488. The van der Waals surface area contributed by atoms with Crippen molar-refractivity contribution in [3.05, 3.63) is 59.7 Å². The van der Waals surface area contributed by atoms with E-state index in [4.69, 9.17) is 0 Å². The van der Waals surface area contributed by atoms with Gasteiger partial charge in [-0.25, -0.2) is 4.98 Å². The lowest BCUT2D eigenvalue weighted by molar-refractivity contribution is 0.467. The monoisotopic (exact) mass is 344 g/mol. The Balaban J connectivity index is 2.03. The van der Waals surface area contributed by atoms with Crippen molar-refractivity contribution in [2.75, 3.05) is 0 Å². The van der Waals surface area contributed by atoms with Crippen molar-refractivity contribution in [3.8, 4) is 0 Å². The highest BCUT2D eigenvalue weighted by molar-refractivity contribution is 7.85. The van der Waals surface area contributed by atoms with Gasteiger partial charge in [0, 0.05) is 0 Å². The molecule has 1 aromatic heterocycles. The van der Waals surface area contributed by atoms with E-state index >= 15 is 0 Å². The SMILES string of the molecule is CC[C@@H](C)c1ccc(Cn2c(S(=O)(=O)O)nc3ccccc32)cc1. The zero-order valence-corrected chi connectivity index (χ0v) is 14.5. The molecule has 0 aliphatic rings. The van der Waals surface area contributed by atoms with Gasteiger partial charge in [-0.05, 0) is 35.6 Å². The molecule has 0 saturated carbocycles. The number of rotatable bonds is 5. The summed E-state index contributed by atoms with van der Waals surface area (Å²) in [6.45, 7) is 4.65. The molecule has 0 spiro atoms. The summed E-state index contributed by atoms with van der Waals surface area (Å²) in [6, 6.07) is 15.2. The van der Waals surface area contributed by atoms with Gasteiger partial charge >= 0.3 is 10.1 Å². The van der Waals surface area contributed by atoms with Crippen LogP contribution < -0.4 is 0 Å². The molecule has 1 heterocycles. The maximum Gasteiger partial charge on any atom is 0.328 e. The number of imidazole rings is 1. The molecule has 126 valence electrons. The van der Waals surface area contributed by atoms with Crippen LogP contribution in [0.15, 0.2) is 53.7 Å². The van der Waals surface area contributed by atoms with Crippen molar-refractivity contribution < 1.29 is 13.0 Å². The van der Waals surface area contributed by atoms with Gasteiger partial charge in [-0.2, -0.15) is 8.42 Å². The van der Waals surface area contributed by atoms with Gasteiger partial charge in [-0.15, -0.1) is 0 Å². The highest BCUT2D eigenvalue weighted by Crippen LogP contribution is 2.23. The molecular weight excluding hydrogens is 324 g/mol. The fraction of sp³-hybridized carbons (Fsp3) is 0.278. The smallest absolute Gasteiger partial charge is 0.308 e. The van der Waals surface area contributed by atoms with E-state index in [0.29, 0.717) is 23.5 Å². The lowest BCUT2D eigenvalue weighted by Gasteiger charge is -2.11. The first-order valence-electron chi connectivity index (χ1n) is 7.91. The molecule has 24 heavy (non-hydrogen) atoms. The summed E-state index contributed by atoms with van der Waals surface area (Å²) in [5, 5.41) is -0.324. The van der Waals surface area contributed by atoms with Crippen LogP contribution in [-0.2, 0) is 16.7 Å². The van der Waals surface area contributed by atoms with Crippen LogP contribution in [0.1, 0.15) is 37.3 Å². The minimum atomic E-state index is -4.39. The van der Waals surface area contributed by atoms with Crippen molar-refractivity contribution in [1.82, 2.24) is 9.55 Å². The third kappa shape index (κ3) is 3.20. The molecule has 0 aliphatic heterocycles. The normalized spacial score (nSPS) is 13.3. The van der Waals surface area contributed by atoms with E-state index in [1.165, 1.54) is 10.1 Å². The Hall–Kier alpha value is -2.18. The topological polar surface area (TPSA) is 72.2 Å². The minimum absolute atomic E-state index is 0.324. The number of aromatic nitrogens is 2. The molecule has 0 saturated heterocycles. The molecule has 3 rings (SSSR count). The zero-order valence-electron chi connectivity index (χ0n) is 13.7. The Kier molecular flexibility index (Phi) is 4.43. The molecule has 0 fully saturated rings. The fourth-order valence-corrected chi connectivity index (χ4v) is 3.43. The number of para-hydroxylation sites is 2. The van der Waals surface area contributed by atoms with E-state index in [1.54, 1.807) is 18.2 Å². The molecule has 0 unspecified atom stereocenters.